The molecule has 0 radical (unpaired) electrons. The van der Waals surface area contributed by atoms with Gasteiger partial charge in [-0.25, -0.2) is 9.97 Å². The maximum absolute atomic E-state index is 13.3. The minimum Gasteiger partial charge on any atom is -0.381 e. The summed E-state index contributed by atoms with van der Waals surface area (Å²) in [6, 6.07) is 9.40. The lowest BCUT2D eigenvalue weighted by atomic mass is 9.86. The summed E-state index contributed by atoms with van der Waals surface area (Å²) in [5.41, 5.74) is 4.13. The van der Waals surface area contributed by atoms with E-state index in [2.05, 4.69) is 65.2 Å². The number of nitrogens with zero attached hydrogens (tertiary/aromatic N) is 4. The number of hydrogen-bond acceptors (Lipinski definition) is 6. The summed E-state index contributed by atoms with van der Waals surface area (Å²) in [4.78, 5) is 26.7. The number of ether oxygens (including phenoxy) is 1. The van der Waals surface area contributed by atoms with E-state index in [1.54, 1.807) is 0 Å². The van der Waals surface area contributed by atoms with Crippen LogP contribution >= 0.6 is 0 Å². The van der Waals surface area contributed by atoms with E-state index >= 15 is 0 Å². The molecule has 1 N–H and O–H groups in total. The second-order valence-electron chi connectivity index (χ2n) is 11.3. The molecule has 0 unspecified atom stereocenters. The number of carbonyl (C=O) groups is 1. The van der Waals surface area contributed by atoms with Crippen LogP contribution in [0.3, 0.4) is 0 Å². The quantitative estimate of drug-likeness (QED) is 0.614. The molecular weight excluding hydrogens is 450 g/mol. The normalized spacial score (nSPS) is 18.4. The molecule has 4 rings (SSSR count). The topological polar surface area (TPSA) is 70.6 Å². The number of likely N-dealkylation sites (tertiary alicyclic amines) is 2. The molecule has 2 saturated heterocycles. The Bertz CT molecular complexity index is 1000. The van der Waals surface area contributed by atoms with E-state index in [1.807, 2.05) is 18.9 Å². The first kappa shape index (κ1) is 26.6. The third-order valence-electron chi connectivity index (χ3n) is 7.89. The molecule has 0 bridgehead atoms. The largest absolute Gasteiger partial charge is 0.381 e. The van der Waals surface area contributed by atoms with E-state index in [9.17, 15) is 4.79 Å². The van der Waals surface area contributed by atoms with Gasteiger partial charge in [-0.3, -0.25) is 4.79 Å². The number of aromatic nitrogens is 2. The summed E-state index contributed by atoms with van der Waals surface area (Å²) in [6.45, 7) is 13.1. The first-order chi connectivity index (χ1) is 17.3. The minimum absolute atomic E-state index is 0.0206. The molecule has 0 spiro atoms. The SMILES string of the molecule is COC1CCN(C2CCN(C(=O)c3ncnc(NCCc4ccc(C(C)(C)C)cc4)c3C)CC2)CC1. The highest BCUT2D eigenvalue weighted by molar-refractivity contribution is 5.94. The van der Waals surface area contributed by atoms with Crippen LogP contribution in [0.25, 0.3) is 0 Å². The smallest absolute Gasteiger partial charge is 0.272 e. The zero-order valence-electron chi connectivity index (χ0n) is 22.7. The summed E-state index contributed by atoms with van der Waals surface area (Å²) in [5.74, 6) is 0.767. The van der Waals surface area contributed by atoms with Crippen molar-refractivity contribution >= 4 is 11.7 Å². The van der Waals surface area contributed by atoms with Crippen molar-refractivity contribution in [2.45, 2.75) is 77.4 Å². The molecule has 2 aliphatic rings. The van der Waals surface area contributed by atoms with Crippen molar-refractivity contribution in [3.05, 3.63) is 53.0 Å². The number of nitrogens with one attached hydrogen (secondary N) is 1. The van der Waals surface area contributed by atoms with Gasteiger partial charge in [0.25, 0.3) is 5.91 Å². The Labute approximate surface area is 216 Å². The van der Waals surface area contributed by atoms with Crippen LogP contribution in [0.5, 0.6) is 0 Å². The summed E-state index contributed by atoms with van der Waals surface area (Å²) >= 11 is 0. The fourth-order valence-electron chi connectivity index (χ4n) is 5.40. The maximum atomic E-state index is 13.3. The highest BCUT2D eigenvalue weighted by Gasteiger charge is 2.31. The third-order valence-corrected chi connectivity index (χ3v) is 7.89. The first-order valence-electron chi connectivity index (χ1n) is 13.5. The van der Waals surface area contributed by atoms with Crippen LogP contribution in [0, 0.1) is 6.92 Å². The van der Waals surface area contributed by atoms with E-state index in [0.29, 0.717) is 17.8 Å². The number of hydrogen-bond donors (Lipinski definition) is 1. The molecule has 36 heavy (non-hydrogen) atoms. The maximum Gasteiger partial charge on any atom is 0.272 e. The summed E-state index contributed by atoms with van der Waals surface area (Å²) in [6.07, 6.45) is 7.06. The van der Waals surface area contributed by atoms with Gasteiger partial charge in [0.05, 0.1) is 6.10 Å². The second kappa shape index (κ2) is 11.7. The Morgan fingerprint density at radius 2 is 1.69 bits per heavy atom. The average Bonchev–Trinajstić information content (AvgIpc) is 2.89. The molecule has 0 atom stereocenters. The molecule has 0 saturated carbocycles. The zero-order chi connectivity index (χ0) is 25.7. The van der Waals surface area contributed by atoms with Crippen LogP contribution in [0.4, 0.5) is 5.82 Å². The molecule has 2 fully saturated rings. The molecule has 1 aromatic carbocycles. The second-order valence-corrected chi connectivity index (χ2v) is 11.3. The van der Waals surface area contributed by atoms with E-state index in [4.69, 9.17) is 4.74 Å². The zero-order valence-corrected chi connectivity index (χ0v) is 22.7. The predicted molar refractivity (Wildman–Crippen MR) is 145 cm³/mol. The van der Waals surface area contributed by atoms with E-state index in [1.165, 1.54) is 17.5 Å². The van der Waals surface area contributed by atoms with Gasteiger partial charge in [-0.1, -0.05) is 45.0 Å². The molecule has 2 aromatic rings. The van der Waals surface area contributed by atoms with Gasteiger partial charge in [-0.15, -0.1) is 0 Å². The van der Waals surface area contributed by atoms with E-state index < -0.39 is 0 Å². The number of amides is 1. The Balaban J connectivity index is 1.29. The molecule has 1 aromatic heterocycles. The lowest BCUT2D eigenvalue weighted by Gasteiger charge is -2.41. The van der Waals surface area contributed by atoms with Gasteiger partial charge >= 0.3 is 0 Å². The number of piperidine rings is 2. The van der Waals surface area contributed by atoms with Gasteiger partial charge < -0.3 is 19.9 Å². The molecular formula is C29H43N5O2. The Kier molecular flexibility index (Phi) is 8.62. The van der Waals surface area contributed by atoms with Crippen molar-refractivity contribution < 1.29 is 9.53 Å². The van der Waals surface area contributed by atoms with Crippen LogP contribution in [-0.2, 0) is 16.6 Å². The van der Waals surface area contributed by atoms with Gasteiger partial charge in [0, 0.05) is 51.4 Å². The molecule has 196 valence electrons. The van der Waals surface area contributed by atoms with Gasteiger partial charge in [0.1, 0.15) is 17.8 Å². The van der Waals surface area contributed by atoms with Crippen LogP contribution < -0.4 is 5.32 Å². The van der Waals surface area contributed by atoms with Crippen LogP contribution in [0.2, 0.25) is 0 Å². The number of rotatable bonds is 7. The fraction of sp³-hybridized carbons (Fsp3) is 0.621. The molecule has 1 amide bonds. The molecule has 7 heteroatoms. The van der Waals surface area contributed by atoms with Gasteiger partial charge in [-0.05, 0) is 55.6 Å². The number of carbonyl (C=O) groups excluding carboxylic acids is 1. The molecule has 0 aliphatic carbocycles. The monoisotopic (exact) mass is 493 g/mol. The highest BCUT2D eigenvalue weighted by Crippen LogP contribution is 2.25. The summed E-state index contributed by atoms with van der Waals surface area (Å²) in [5, 5.41) is 3.42. The predicted octanol–water partition coefficient (Wildman–Crippen LogP) is 4.45. The van der Waals surface area contributed by atoms with Gasteiger partial charge in [-0.2, -0.15) is 0 Å². The highest BCUT2D eigenvalue weighted by atomic mass is 16.5. The molecule has 2 aliphatic heterocycles. The fourth-order valence-corrected chi connectivity index (χ4v) is 5.40. The van der Waals surface area contributed by atoms with Crippen molar-refractivity contribution in [3.63, 3.8) is 0 Å². The Hall–Kier alpha value is -2.51. The molecule has 3 heterocycles. The first-order valence-corrected chi connectivity index (χ1v) is 13.5. The lowest BCUT2D eigenvalue weighted by Crippen LogP contribution is -2.49. The van der Waals surface area contributed by atoms with Gasteiger partial charge in [0.15, 0.2) is 0 Å². The number of anilines is 1. The Morgan fingerprint density at radius 3 is 2.31 bits per heavy atom. The summed E-state index contributed by atoms with van der Waals surface area (Å²) < 4.78 is 5.51. The lowest BCUT2D eigenvalue weighted by molar-refractivity contribution is 0.0144. The van der Waals surface area contributed by atoms with Crippen molar-refractivity contribution in [2.75, 3.05) is 45.2 Å². The van der Waals surface area contributed by atoms with Crippen molar-refractivity contribution in [1.82, 2.24) is 19.8 Å². The Morgan fingerprint density at radius 1 is 1.03 bits per heavy atom. The minimum atomic E-state index is 0.0206. The van der Waals surface area contributed by atoms with Crippen LogP contribution in [0.15, 0.2) is 30.6 Å². The third kappa shape index (κ3) is 6.43. The standard InChI is InChI=1S/C29H43N5O2/c1-21-26(28(35)34-16-11-24(12-17-34)33-18-13-25(36-5)14-19-33)31-20-32-27(21)30-15-10-22-6-8-23(9-7-22)29(2,3)4/h6-9,20,24-25H,10-19H2,1-5H3,(H,30,31,32). The number of benzene rings is 1. The van der Waals surface area contributed by atoms with Crippen LogP contribution in [0.1, 0.15) is 73.6 Å². The van der Waals surface area contributed by atoms with Crippen molar-refractivity contribution in [3.8, 4) is 0 Å². The van der Waals surface area contributed by atoms with Crippen molar-refractivity contribution in [1.29, 1.82) is 0 Å². The van der Waals surface area contributed by atoms with E-state index in [0.717, 1.165) is 76.2 Å². The average molecular weight is 494 g/mol. The van der Waals surface area contributed by atoms with Gasteiger partial charge in [0.2, 0.25) is 0 Å². The number of methoxy groups -OCH3 is 1. The van der Waals surface area contributed by atoms with E-state index in [-0.39, 0.29) is 11.3 Å². The van der Waals surface area contributed by atoms with Crippen LogP contribution in [-0.4, -0.2) is 77.7 Å². The molecule has 7 nitrogen and oxygen atoms in total. The summed E-state index contributed by atoms with van der Waals surface area (Å²) in [7, 11) is 1.81. The van der Waals surface area contributed by atoms with Crippen molar-refractivity contribution in [2.24, 2.45) is 0 Å².